The molecule has 7 heteroatoms. The van der Waals surface area contributed by atoms with E-state index in [-0.39, 0.29) is 17.3 Å². The van der Waals surface area contributed by atoms with Gasteiger partial charge in [0.05, 0.1) is 5.56 Å². The monoisotopic (exact) mass is 457 g/mol. The fourth-order valence-electron chi connectivity index (χ4n) is 4.35. The standard InChI is InChI=1S/C27H24FN3O3/c1-30-11-13-31(14-12-30)27(33)20-4-2-3-18(15-20)19-7-10-23-22(16-19)24(26(29)32)25(34-23)17-5-8-21(28)9-6-17/h2-10,15-16H,11-14H2,1H3,(H2,29,32). The fourth-order valence-corrected chi connectivity index (χ4v) is 4.35. The molecule has 34 heavy (non-hydrogen) atoms. The van der Waals surface area contributed by atoms with Gasteiger partial charge in [0.2, 0.25) is 0 Å². The lowest BCUT2D eigenvalue weighted by Crippen LogP contribution is -2.47. The molecule has 0 spiro atoms. The van der Waals surface area contributed by atoms with Gasteiger partial charge in [-0.25, -0.2) is 4.39 Å². The smallest absolute Gasteiger partial charge is 0.253 e. The molecular formula is C27H24FN3O3. The summed E-state index contributed by atoms with van der Waals surface area (Å²) in [6.45, 7) is 3.12. The largest absolute Gasteiger partial charge is 0.455 e. The Labute approximate surface area is 196 Å². The second kappa shape index (κ2) is 8.76. The molecule has 1 saturated heterocycles. The molecule has 1 aliphatic rings. The summed E-state index contributed by atoms with van der Waals surface area (Å²) >= 11 is 0. The van der Waals surface area contributed by atoms with Gasteiger partial charge < -0.3 is 20.0 Å². The van der Waals surface area contributed by atoms with E-state index in [0.29, 0.717) is 40.9 Å². The van der Waals surface area contributed by atoms with E-state index in [2.05, 4.69) is 11.9 Å². The van der Waals surface area contributed by atoms with Gasteiger partial charge in [0.1, 0.15) is 17.2 Å². The average Bonchev–Trinajstić information content (AvgIpc) is 3.24. The van der Waals surface area contributed by atoms with Gasteiger partial charge in [0.15, 0.2) is 0 Å². The molecule has 5 rings (SSSR count). The number of primary amides is 1. The zero-order valence-electron chi connectivity index (χ0n) is 18.8. The SMILES string of the molecule is CN1CCN(C(=O)c2cccc(-c3ccc4oc(-c5ccc(F)cc5)c(C(N)=O)c4c3)c2)CC1. The molecule has 2 amide bonds. The quantitative estimate of drug-likeness (QED) is 0.493. The van der Waals surface area contributed by atoms with Crippen LogP contribution in [0, 0.1) is 5.82 Å². The fraction of sp³-hybridized carbons (Fsp3) is 0.185. The Kier molecular flexibility index (Phi) is 5.63. The second-order valence-electron chi connectivity index (χ2n) is 8.56. The molecular weight excluding hydrogens is 433 g/mol. The minimum Gasteiger partial charge on any atom is -0.455 e. The number of nitrogens with two attached hydrogens (primary N) is 1. The molecule has 0 saturated carbocycles. The highest BCUT2D eigenvalue weighted by atomic mass is 19.1. The lowest BCUT2D eigenvalue weighted by Gasteiger charge is -2.32. The van der Waals surface area contributed by atoms with E-state index in [0.717, 1.165) is 24.2 Å². The number of benzene rings is 3. The van der Waals surface area contributed by atoms with Crippen LogP contribution in [0.2, 0.25) is 0 Å². The number of carbonyl (C=O) groups excluding carboxylic acids is 2. The van der Waals surface area contributed by atoms with Gasteiger partial charge in [-0.2, -0.15) is 0 Å². The minimum atomic E-state index is -0.630. The van der Waals surface area contributed by atoms with Gasteiger partial charge >= 0.3 is 0 Å². The number of rotatable bonds is 4. The predicted molar refractivity (Wildman–Crippen MR) is 129 cm³/mol. The molecule has 0 aliphatic carbocycles. The Bertz CT molecular complexity index is 1390. The molecule has 2 N–H and O–H groups in total. The van der Waals surface area contributed by atoms with Crippen LogP contribution in [0.5, 0.6) is 0 Å². The zero-order valence-corrected chi connectivity index (χ0v) is 18.8. The highest BCUT2D eigenvalue weighted by molar-refractivity contribution is 6.11. The third-order valence-corrected chi connectivity index (χ3v) is 6.27. The summed E-state index contributed by atoms with van der Waals surface area (Å²) in [5.74, 6) is -0.697. The molecule has 4 aromatic rings. The third-order valence-electron chi connectivity index (χ3n) is 6.27. The van der Waals surface area contributed by atoms with E-state index in [4.69, 9.17) is 10.2 Å². The van der Waals surface area contributed by atoms with Crippen molar-refractivity contribution in [2.75, 3.05) is 33.2 Å². The first-order valence-corrected chi connectivity index (χ1v) is 11.1. The van der Waals surface area contributed by atoms with Crippen LogP contribution in [0.1, 0.15) is 20.7 Å². The van der Waals surface area contributed by atoms with Crippen LogP contribution >= 0.6 is 0 Å². The average molecular weight is 458 g/mol. The first kappa shape index (κ1) is 21.9. The van der Waals surface area contributed by atoms with Crippen molar-refractivity contribution in [2.45, 2.75) is 0 Å². The molecule has 6 nitrogen and oxygen atoms in total. The summed E-state index contributed by atoms with van der Waals surface area (Å²) in [7, 11) is 2.05. The lowest BCUT2D eigenvalue weighted by molar-refractivity contribution is 0.0664. The topological polar surface area (TPSA) is 79.8 Å². The summed E-state index contributed by atoms with van der Waals surface area (Å²) in [5, 5.41) is 0.570. The van der Waals surface area contributed by atoms with E-state index < -0.39 is 5.91 Å². The number of carbonyl (C=O) groups is 2. The van der Waals surface area contributed by atoms with Crippen molar-refractivity contribution >= 4 is 22.8 Å². The molecule has 0 atom stereocenters. The lowest BCUT2D eigenvalue weighted by atomic mass is 9.99. The molecule has 172 valence electrons. The van der Waals surface area contributed by atoms with Gasteiger partial charge in [-0.3, -0.25) is 9.59 Å². The number of furan rings is 1. The molecule has 0 bridgehead atoms. The number of fused-ring (bicyclic) bond motifs is 1. The van der Waals surface area contributed by atoms with Gasteiger partial charge in [0.25, 0.3) is 11.8 Å². The molecule has 1 aliphatic heterocycles. The Morgan fingerprint density at radius 2 is 1.56 bits per heavy atom. The van der Waals surface area contributed by atoms with Crippen LogP contribution in [0.3, 0.4) is 0 Å². The number of halogens is 1. The zero-order chi connectivity index (χ0) is 23.8. The number of nitrogens with zero attached hydrogens (tertiary/aromatic N) is 2. The second-order valence-corrected chi connectivity index (χ2v) is 8.56. The Morgan fingerprint density at radius 1 is 0.882 bits per heavy atom. The van der Waals surface area contributed by atoms with E-state index in [1.165, 1.54) is 12.1 Å². The van der Waals surface area contributed by atoms with Gasteiger partial charge in [0, 0.05) is 42.7 Å². The molecule has 1 aromatic heterocycles. The van der Waals surface area contributed by atoms with E-state index >= 15 is 0 Å². The van der Waals surface area contributed by atoms with E-state index in [1.807, 2.05) is 41.3 Å². The number of likely N-dealkylation sites (N-methyl/N-ethyl adjacent to an activating group) is 1. The summed E-state index contributed by atoms with van der Waals surface area (Å²) in [6.07, 6.45) is 0. The predicted octanol–water partition coefficient (Wildman–Crippen LogP) is 4.39. The maximum absolute atomic E-state index is 13.4. The molecule has 0 unspecified atom stereocenters. The van der Waals surface area contributed by atoms with E-state index in [1.54, 1.807) is 18.2 Å². The summed E-state index contributed by atoms with van der Waals surface area (Å²) in [4.78, 5) is 29.5. The third kappa shape index (κ3) is 4.06. The van der Waals surface area contributed by atoms with Gasteiger partial charge in [-0.15, -0.1) is 0 Å². The summed E-state index contributed by atoms with van der Waals surface area (Å²) in [6, 6.07) is 18.7. The first-order chi connectivity index (χ1) is 16.4. The molecule has 0 radical (unpaired) electrons. The Morgan fingerprint density at radius 3 is 2.26 bits per heavy atom. The van der Waals surface area contributed by atoms with Crippen LogP contribution in [-0.4, -0.2) is 54.8 Å². The minimum absolute atomic E-state index is 0.00996. The van der Waals surface area contributed by atoms with Gasteiger partial charge in [-0.05, 0) is 66.7 Å². The number of piperazine rings is 1. The normalized spacial score (nSPS) is 14.5. The number of amides is 2. The van der Waals surface area contributed by atoms with Crippen molar-refractivity contribution in [3.63, 3.8) is 0 Å². The molecule has 3 aromatic carbocycles. The van der Waals surface area contributed by atoms with Crippen LogP contribution < -0.4 is 5.73 Å². The van der Waals surface area contributed by atoms with Crippen LogP contribution in [0.25, 0.3) is 33.4 Å². The summed E-state index contributed by atoms with van der Waals surface area (Å²) in [5.41, 5.74) is 9.32. The Hall–Kier alpha value is -3.97. The van der Waals surface area contributed by atoms with Crippen molar-refractivity contribution in [2.24, 2.45) is 5.73 Å². The van der Waals surface area contributed by atoms with E-state index in [9.17, 15) is 14.0 Å². The van der Waals surface area contributed by atoms with Crippen molar-refractivity contribution in [1.29, 1.82) is 0 Å². The van der Waals surface area contributed by atoms with Crippen molar-refractivity contribution in [1.82, 2.24) is 9.80 Å². The first-order valence-electron chi connectivity index (χ1n) is 11.1. The van der Waals surface area contributed by atoms with Crippen molar-refractivity contribution < 1.29 is 18.4 Å². The highest BCUT2D eigenvalue weighted by Gasteiger charge is 2.22. The maximum Gasteiger partial charge on any atom is 0.253 e. The van der Waals surface area contributed by atoms with Crippen LogP contribution in [0.4, 0.5) is 4.39 Å². The Balaban J connectivity index is 1.53. The van der Waals surface area contributed by atoms with Crippen LogP contribution in [-0.2, 0) is 0 Å². The van der Waals surface area contributed by atoms with Crippen LogP contribution in [0.15, 0.2) is 71.1 Å². The number of hydrogen-bond acceptors (Lipinski definition) is 4. The molecule has 1 fully saturated rings. The summed E-state index contributed by atoms with van der Waals surface area (Å²) < 4.78 is 19.3. The van der Waals surface area contributed by atoms with Crippen molar-refractivity contribution in [3.05, 3.63) is 83.7 Å². The van der Waals surface area contributed by atoms with Gasteiger partial charge in [-0.1, -0.05) is 18.2 Å². The number of hydrogen-bond donors (Lipinski definition) is 1. The highest BCUT2D eigenvalue weighted by Crippen LogP contribution is 2.36. The molecule has 2 heterocycles. The van der Waals surface area contributed by atoms with Crippen molar-refractivity contribution in [3.8, 4) is 22.5 Å². The maximum atomic E-state index is 13.4.